The quantitative estimate of drug-likeness (QED) is 0.799. The molecule has 22 heavy (non-hydrogen) atoms. The van der Waals surface area contributed by atoms with Gasteiger partial charge in [0.25, 0.3) is 10.1 Å². The average Bonchev–Trinajstić information content (AvgIpc) is 2.91. The summed E-state index contributed by atoms with van der Waals surface area (Å²) in [5.74, 6) is -0.177. The van der Waals surface area contributed by atoms with Crippen molar-refractivity contribution in [1.29, 1.82) is 0 Å². The molecular formula is C15H24N2O4S. The van der Waals surface area contributed by atoms with E-state index in [2.05, 4.69) is 4.90 Å². The fourth-order valence-corrected chi connectivity index (χ4v) is 2.67. The molecule has 0 spiro atoms. The number of nitrogens with zero attached hydrogens (tertiary/aromatic N) is 1. The Bertz CT molecular complexity index is 564. The van der Waals surface area contributed by atoms with Gasteiger partial charge in [-0.1, -0.05) is 17.7 Å². The van der Waals surface area contributed by atoms with E-state index >= 15 is 0 Å². The smallest absolute Gasteiger partial charge is 0.294 e. The number of rotatable bonds is 5. The highest BCUT2D eigenvalue weighted by atomic mass is 32.2. The van der Waals surface area contributed by atoms with Crippen LogP contribution in [0.25, 0.3) is 0 Å². The highest BCUT2D eigenvalue weighted by molar-refractivity contribution is 7.85. The van der Waals surface area contributed by atoms with Gasteiger partial charge in [0.1, 0.15) is 0 Å². The molecule has 1 saturated heterocycles. The summed E-state index contributed by atoms with van der Waals surface area (Å²) in [5.41, 5.74) is 5.98. The number of benzene rings is 1. The number of primary amides is 1. The average molecular weight is 328 g/mol. The van der Waals surface area contributed by atoms with E-state index in [4.69, 9.17) is 10.3 Å². The zero-order valence-electron chi connectivity index (χ0n) is 12.9. The van der Waals surface area contributed by atoms with Crippen LogP contribution >= 0.6 is 0 Å². The lowest BCUT2D eigenvalue weighted by Crippen LogP contribution is -2.22. The Hall–Kier alpha value is -1.44. The molecular weight excluding hydrogens is 304 g/mol. The van der Waals surface area contributed by atoms with E-state index in [9.17, 15) is 13.2 Å². The summed E-state index contributed by atoms with van der Waals surface area (Å²) in [6, 6.07) is 5.99. The van der Waals surface area contributed by atoms with Crippen molar-refractivity contribution >= 4 is 16.0 Å². The first kappa shape index (κ1) is 18.6. The first-order valence-corrected chi connectivity index (χ1v) is 8.78. The van der Waals surface area contributed by atoms with Gasteiger partial charge >= 0.3 is 0 Å². The summed E-state index contributed by atoms with van der Waals surface area (Å²) in [4.78, 5) is 12.7. The van der Waals surface area contributed by atoms with E-state index in [0.717, 1.165) is 18.5 Å². The van der Waals surface area contributed by atoms with Crippen molar-refractivity contribution in [1.82, 2.24) is 4.90 Å². The number of aryl methyl sites for hydroxylation is 1. The van der Waals surface area contributed by atoms with Gasteiger partial charge in [0, 0.05) is 6.42 Å². The third kappa shape index (κ3) is 7.53. The fraction of sp³-hybridized carbons (Fsp3) is 0.533. The Balaban J connectivity index is 0.000000220. The number of hydrogen-bond donors (Lipinski definition) is 2. The molecule has 0 bridgehead atoms. The van der Waals surface area contributed by atoms with Gasteiger partial charge in [0.05, 0.1) is 4.90 Å². The van der Waals surface area contributed by atoms with E-state index in [1.165, 1.54) is 38.1 Å². The number of carbonyl (C=O) groups excluding carboxylic acids is 1. The second-order valence-corrected chi connectivity index (χ2v) is 6.83. The van der Waals surface area contributed by atoms with Gasteiger partial charge in [-0.3, -0.25) is 9.35 Å². The van der Waals surface area contributed by atoms with E-state index in [-0.39, 0.29) is 10.8 Å². The fourth-order valence-electron chi connectivity index (χ4n) is 2.19. The van der Waals surface area contributed by atoms with Gasteiger partial charge in [0.2, 0.25) is 5.91 Å². The molecule has 124 valence electrons. The topological polar surface area (TPSA) is 101 Å². The maximum absolute atomic E-state index is 10.5. The highest BCUT2D eigenvalue weighted by Gasteiger charge is 2.10. The minimum atomic E-state index is -4.02. The van der Waals surface area contributed by atoms with Crippen LogP contribution < -0.4 is 5.73 Å². The molecule has 7 heteroatoms. The number of nitrogens with two attached hydrogens (primary N) is 1. The minimum Gasteiger partial charge on any atom is -0.370 e. The molecule has 1 aliphatic heterocycles. The minimum absolute atomic E-state index is 0.0666. The zero-order valence-corrected chi connectivity index (χ0v) is 13.7. The van der Waals surface area contributed by atoms with Crippen molar-refractivity contribution < 1.29 is 17.8 Å². The first-order valence-electron chi connectivity index (χ1n) is 7.34. The van der Waals surface area contributed by atoms with Crippen molar-refractivity contribution in [2.45, 2.75) is 37.5 Å². The van der Waals surface area contributed by atoms with E-state index in [0.29, 0.717) is 6.42 Å². The van der Waals surface area contributed by atoms with Gasteiger partial charge in [-0.15, -0.1) is 0 Å². The maximum Gasteiger partial charge on any atom is 0.294 e. The summed E-state index contributed by atoms with van der Waals surface area (Å²) in [6.07, 6.45) is 4.10. The summed E-state index contributed by atoms with van der Waals surface area (Å²) >= 11 is 0. The van der Waals surface area contributed by atoms with Gasteiger partial charge in [-0.25, -0.2) is 0 Å². The normalized spacial score (nSPS) is 15.2. The predicted octanol–water partition coefficient (Wildman–Crippen LogP) is 1.59. The van der Waals surface area contributed by atoms with Crippen molar-refractivity contribution in [2.75, 3.05) is 19.6 Å². The molecule has 0 unspecified atom stereocenters. The number of hydrogen-bond acceptors (Lipinski definition) is 4. The molecule has 1 aromatic rings. The molecule has 1 aliphatic rings. The molecule has 2 rings (SSSR count). The molecule has 0 atom stereocenters. The molecule has 0 radical (unpaired) electrons. The largest absolute Gasteiger partial charge is 0.370 e. The van der Waals surface area contributed by atoms with Crippen LogP contribution in [-0.2, 0) is 14.9 Å². The first-order chi connectivity index (χ1) is 10.3. The van der Waals surface area contributed by atoms with Gasteiger partial charge in [-0.05, 0) is 58.0 Å². The second-order valence-electron chi connectivity index (χ2n) is 5.41. The summed E-state index contributed by atoms with van der Waals surface area (Å²) in [7, 11) is -4.02. The molecule has 3 N–H and O–H groups in total. The molecule has 0 saturated carbocycles. The SMILES string of the molecule is Cc1ccc(S(=O)(=O)O)cc1.NC(=O)CCCN1CCCC1. The van der Waals surface area contributed by atoms with Crippen LogP contribution in [0.5, 0.6) is 0 Å². The molecule has 0 aliphatic carbocycles. The van der Waals surface area contributed by atoms with Crippen molar-refractivity contribution in [3.63, 3.8) is 0 Å². The summed E-state index contributed by atoms with van der Waals surface area (Å²) in [5, 5.41) is 0. The lowest BCUT2D eigenvalue weighted by Gasteiger charge is -2.12. The number of amides is 1. The van der Waals surface area contributed by atoms with E-state index in [1.54, 1.807) is 12.1 Å². The Kier molecular flexibility index (Phi) is 7.50. The van der Waals surface area contributed by atoms with Crippen LogP contribution in [0.1, 0.15) is 31.2 Å². The Morgan fingerprint density at radius 3 is 2.23 bits per heavy atom. The lowest BCUT2D eigenvalue weighted by molar-refractivity contribution is -0.118. The van der Waals surface area contributed by atoms with E-state index < -0.39 is 10.1 Å². The highest BCUT2D eigenvalue weighted by Crippen LogP contribution is 2.09. The van der Waals surface area contributed by atoms with Gasteiger partial charge < -0.3 is 10.6 Å². The van der Waals surface area contributed by atoms with Crippen LogP contribution in [0, 0.1) is 6.92 Å². The van der Waals surface area contributed by atoms with Crippen LogP contribution in [0.2, 0.25) is 0 Å². The van der Waals surface area contributed by atoms with Crippen molar-refractivity contribution in [3.8, 4) is 0 Å². The standard InChI is InChI=1S/C8H16N2O.C7H8O3S/c9-8(11)4-3-7-10-5-1-2-6-10;1-6-2-4-7(5-3-6)11(8,9)10/h1-7H2,(H2,9,11);2-5H,1H3,(H,8,9,10). The third-order valence-corrected chi connectivity index (χ3v) is 4.28. The monoisotopic (exact) mass is 328 g/mol. The Morgan fingerprint density at radius 2 is 1.77 bits per heavy atom. The molecule has 1 aromatic carbocycles. The Labute approximate surface area is 132 Å². The molecule has 1 heterocycles. The number of likely N-dealkylation sites (tertiary alicyclic amines) is 1. The van der Waals surface area contributed by atoms with Crippen LogP contribution in [-0.4, -0.2) is 43.4 Å². The lowest BCUT2D eigenvalue weighted by atomic mass is 10.2. The molecule has 1 fully saturated rings. The Morgan fingerprint density at radius 1 is 1.23 bits per heavy atom. The van der Waals surface area contributed by atoms with Crippen molar-refractivity contribution in [3.05, 3.63) is 29.8 Å². The van der Waals surface area contributed by atoms with Gasteiger partial charge in [-0.2, -0.15) is 8.42 Å². The summed E-state index contributed by atoms with van der Waals surface area (Å²) < 4.78 is 29.6. The third-order valence-electron chi connectivity index (χ3n) is 3.42. The maximum atomic E-state index is 10.5. The number of carbonyl (C=O) groups is 1. The molecule has 0 aromatic heterocycles. The van der Waals surface area contributed by atoms with Gasteiger partial charge in [0.15, 0.2) is 0 Å². The van der Waals surface area contributed by atoms with Crippen LogP contribution in [0.15, 0.2) is 29.2 Å². The van der Waals surface area contributed by atoms with Crippen LogP contribution in [0.4, 0.5) is 0 Å². The molecule has 6 nitrogen and oxygen atoms in total. The summed E-state index contributed by atoms with van der Waals surface area (Å²) in [6.45, 7) is 5.30. The molecule has 1 amide bonds. The van der Waals surface area contributed by atoms with Crippen molar-refractivity contribution in [2.24, 2.45) is 5.73 Å². The second kappa shape index (κ2) is 8.87. The van der Waals surface area contributed by atoms with E-state index in [1.807, 2.05) is 6.92 Å². The predicted molar refractivity (Wildman–Crippen MR) is 85.1 cm³/mol. The van der Waals surface area contributed by atoms with Crippen LogP contribution in [0.3, 0.4) is 0 Å². The zero-order chi connectivity index (χ0) is 16.6.